The molecule has 102 valence electrons. The van der Waals surface area contributed by atoms with E-state index in [1.54, 1.807) is 0 Å². The minimum atomic E-state index is -0.0238. The first kappa shape index (κ1) is 16.4. The molecule has 0 spiro atoms. The van der Waals surface area contributed by atoms with Crippen LogP contribution in [0.3, 0.4) is 0 Å². The van der Waals surface area contributed by atoms with Gasteiger partial charge in [-0.15, -0.1) is 0 Å². The number of nitrogens with two attached hydrogens (primary N) is 1. The van der Waals surface area contributed by atoms with Crippen LogP contribution in [0.5, 0.6) is 0 Å². The zero-order chi connectivity index (χ0) is 13.4. The zero-order valence-corrected chi connectivity index (χ0v) is 12.2. The van der Waals surface area contributed by atoms with Crippen LogP contribution in [0.1, 0.15) is 47.5 Å². The van der Waals surface area contributed by atoms with Crippen LogP contribution < -0.4 is 5.73 Å². The molecule has 0 rings (SSSR count). The summed E-state index contributed by atoms with van der Waals surface area (Å²) in [5.74, 6) is 1.15. The summed E-state index contributed by atoms with van der Waals surface area (Å²) in [6.07, 6.45) is 2.27. The maximum absolute atomic E-state index is 12.4. The lowest BCUT2D eigenvalue weighted by Crippen LogP contribution is -2.43. The SMILES string of the molecule is CCC(CC)CN(CC)C(=O)C(CN)C(C)C. The molecule has 0 heterocycles. The number of hydrogen-bond donors (Lipinski definition) is 1. The Balaban J connectivity index is 4.58. The summed E-state index contributed by atoms with van der Waals surface area (Å²) >= 11 is 0. The van der Waals surface area contributed by atoms with Gasteiger partial charge in [0, 0.05) is 19.6 Å². The number of hydrogen-bond acceptors (Lipinski definition) is 2. The first-order valence-corrected chi connectivity index (χ1v) is 7.00. The van der Waals surface area contributed by atoms with Crippen molar-refractivity contribution in [3.63, 3.8) is 0 Å². The van der Waals surface area contributed by atoms with Gasteiger partial charge in [0.25, 0.3) is 0 Å². The third-order valence-corrected chi connectivity index (χ3v) is 3.70. The summed E-state index contributed by atoms with van der Waals surface area (Å²) < 4.78 is 0. The number of amides is 1. The fourth-order valence-electron chi connectivity index (χ4n) is 2.13. The van der Waals surface area contributed by atoms with Crippen LogP contribution >= 0.6 is 0 Å². The van der Waals surface area contributed by atoms with E-state index in [9.17, 15) is 4.79 Å². The molecule has 0 saturated heterocycles. The Labute approximate surface area is 107 Å². The first-order valence-electron chi connectivity index (χ1n) is 7.00. The molecule has 0 aromatic heterocycles. The third kappa shape index (κ3) is 5.07. The molecule has 0 bridgehead atoms. The van der Waals surface area contributed by atoms with Crippen molar-refractivity contribution in [2.45, 2.75) is 47.5 Å². The van der Waals surface area contributed by atoms with Crippen LogP contribution in [0.15, 0.2) is 0 Å². The highest BCUT2D eigenvalue weighted by Gasteiger charge is 2.25. The molecule has 0 aliphatic heterocycles. The van der Waals surface area contributed by atoms with E-state index in [2.05, 4.69) is 27.7 Å². The van der Waals surface area contributed by atoms with Crippen molar-refractivity contribution < 1.29 is 4.79 Å². The monoisotopic (exact) mass is 242 g/mol. The van der Waals surface area contributed by atoms with E-state index in [1.807, 2.05) is 11.8 Å². The summed E-state index contributed by atoms with van der Waals surface area (Å²) in [5.41, 5.74) is 5.72. The number of rotatable bonds is 8. The van der Waals surface area contributed by atoms with Gasteiger partial charge in [-0.05, 0) is 18.8 Å². The topological polar surface area (TPSA) is 46.3 Å². The van der Waals surface area contributed by atoms with E-state index in [0.717, 1.165) is 25.9 Å². The molecular weight excluding hydrogens is 212 g/mol. The molecule has 0 radical (unpaired) electrons. The van der Waals surface area contributed by atoms with Crippen LogP contribution in [0.2, 0.25) is 0 Å². The normalized spacial score (nSPS) is 13.2. The second-order valence-electron chi connectivity index (χ2n) is 5.15. The molecule has 0 aromatic rings. The van der Waals surface area contributed by atoms with E-state index in [1.165, 1.54) is 0 Å². The molecule has 1 amide bonds. The third-order valence-electron chi connectivity index (χ3n) is 3.70. The van der Waals surface area contributed by atoms with Crippen LogP contribution in [0.25, 0.3) is 0 Å². The molecule has 3 nitrogen and oxygen atoms in total. The molecule has 0 saturated carbocycles. The van der Waals surface area contributed by atoms with Crippen LogP contribution in [-0.2, 0) is 4.79 Å². The van der Waals surface area contributed by atoms with E-state index in [0.29, 0.717) is 18.4 Å². The quantitative estimate of drug-likeness (QED) is 0.711. The molecule has 1 atom stereocenters. The molecule has 3 heteroatoms. The smallest absolute Gasteiger partial charge is 0.227 e. The van der Waals surface area contributed by atoms with Gasteiger partial charge in [0.05, 0.1) is 5.92 Å². The highest BCUT2D eigenvalue weighted by Crippen LogP contribution is 2.16. The fourth-order valence-corrected chi connectivity index (χ4v) is 2.13. The van der Waals surface area contributed by atoms with Gasteiger partial charge in [0.2, 0.25) is 5.91 Å². The van der Waals surface area contributed by atoms with Gasteiger partial charge in [-0.1, -0.05) is 40.5 Å². The summed E-state index contributed by atoms with van der Waals surface area (Å²) in [4.78, 5) is 14.3. The van der Waals surface area contributed by atoms with Gasteiger partial charge < -0.3 is 10.6 Å². The Kier molecular flexibility index (Phi) is 8.23. The molecule has 0 aliphatic carbocycles. The number of nitrogens with zero attached hydrogens (tertiary/aromatic N) is 1. The molecular formula is C14H30N2O. The van der Waals surface area contributed by atoms with Crippen molar-refractivity contribution in [3.8, 4) is 0 Å². The highest BCUT2D eigenvalue weighted by molar-refractivity contribution is 5.79. The van der Waals surface area contributed by atoms with Gasteiger partial charge in [-0.2, -0.15) is 0 Å². The molecule has 0 aromatic carbocycles. The summed E-state index contributed by atoms with van der Waals surface area (Å²) in [6.45, 7) is 12.7. The molecule has 1 unspecified atom stereocenters. The van der Waals surface area contributed by atoms with Gasteiger partial charge >= 0.3 is 0 Å². The van der Waals surface area contributed by atoms with Crippen molar-refractivity contribution in [2.75, 3.05) is 19.6 Å². The Morgan fingerprint density at radius 1 is 1.18 bits per heavy atom. The predicted molar refractivity (Wildman–Crippen MR) is 73.7 cm³/mol. The van der Waals surface area contributed by atoms with E-state index < -0.39 is 0 Å². The van der Waals surface area contributed by atoms with E-state index >= 15 is 0 Å². The minimum absolute atomic E-state index is 0.0238. The van der Waals surface area contributed by atoms with Crippen LogP contribution in [0, 0.1) is 17.8 Å². The van der Waals surface area contributed by atoms with Crippen molar-refractivity contribution in [1.29, 1.82) is 0 Å². The maximum Gasteiger partial charge on any atom is 0.227 e. The molecule has 17 heavy (non-hydrogen) atoms. The first-order chi connectivity index (χ1) is 8.01. The average molecular weight is 242 g/mol. The predicted octanol–water partition coefficient (Wildman–Crippen LogP) is 2.50. The lowest BCUT2D eigenvalue weighted by Gasteiger charge is -2.30. The Bertz CT molecular complexity index is 212. The standard InChI is InChI=1S/C14H30N2O/c1-6-12(7-2)10-16(8-3)14(17)13(9-15)11(4)5/h11-13H,6-10,15H2,1-5H3. The Morgan fingerprint density at radius 3 is 2.00 bits per heavy atom. The van der Waals surface area contributed by atoms with E-state index in [4.69, 9.17) is 5.73 Å². The van der Waals surface area contributed by atoms with Crippen molar-refractivity contribution in [1.82, 2.24) is 4.90 Å². The van der Waals surface area contributed by atoms with Gasteiger partial charge in [-0.3, -0.25) is 4.79 Å². The maximum atomic E-state index is 12.4. The lowest BCUT2D eigenvalue weighted by molar-refractivity contribution is -0.137. The largest absolute Gasteiger partial charge is 0.342 e. The number of carbonyl (C=O) groups excluding carboxylic acids is 1. The lowest BCUT2D eigenvalue weighted by atomic mass is 9.93. The Morgan fingerprint density at radius 2 is 1.71 bits per heavy atom. The summed E-state index contributed by atoms with van der Waals surface area (Å²) in [5, 5.41) is 0. The summed E-state index contributed by atoms with van der Waals surface area (Å²) in [7, 11) is 0. The second kappa shape index (κ2) is 8.51. The van der Waals surface area contributed by atoms with E-state index in [-0.39, 0.29) is 11.8 Å². The summed E-state index contributed by atoms with van der Waals surface area (Å²) in [6, 6.07) is 0. The van der Waals surface area contributed by atoms with Gasteiger partial charge in [0.15, 0.2) is 0 Å². The van der Waals surface area contributed by atoms with Gasteiger partial charge in [0.1, 0.15) is 0 Å². The second-order valence-corrected chi connectivity index (χ2v) is 5.15. The van der Waals surface area contributed by atoms with Crippen LogP contribution in [0.4, 0.5) is 0 Å². The molecule has 0 fully saturated rings. The van der Waals surface area contributed by atoms with Crippen molar-refractivity contribution >= 4 is 5.91 Å². The molecule has 0 aliphatic rings. The average Bonchev–Trinajstić information content (AvgIpc) is 2.31. The van der Waals surface area contributed by atoms with Gasteiger partial charge in [-0.25, -0.2) is 0 Å². The highest BCUT2D eigenvalue weighted by atomic mass is 16.2. The number of carbonyl (C=O) groups is 1. The minimum Gasteiger partial charge on any atom is -0.342 e. The van der Waals surface area contributed by atoms with Crippen LogP contribution in [-0.4, -0.2) is 30.4 Å². The zero-order valence-electron chi connectivity index (χ0n) is 12.2. The fraction of sp³-hybridized carbons (Fsp3) is 0.929. The van der Waals surface area contributed by atoms with Crippen molar-refractivity contribution in [2.24, 2.45) is 23.5 Å². The molecule has 2 N–H and O–H groups in total. The van der Waals surface area contributed by atoms with Crippen molar-refractivity contribution in [3.05, 3.63) is 0 Å². The Hall–Kier alpha value is -0.570.